The second-order valence-corrected chi connectivity index (χ2v) is 5.10. The summed E-state index contributed by atoms with van der Waals surface area (Å²) >= 11 is 0. The zero-order valence-corrected chi connectivity index (χ0v) is 11.4. The Kier molecular flexibility index (Phi) is 4.50. The lowest BCUT2D eigenvalue weighted by molar-refractivity contribution is 0.0268. The average molecular weight is 276 g/mol. The van der Waals surface area contributed by atoms with Crippen LogP contribution < -0.4 is 0 Å². The van der Waals surface area contributed by atoms with Crippen molar-refractivity contribution >= 4 is 0 Å². The molecule has 1 nitrogen and oxygen atoms in total. The number of rotatable bonds is 5. The molecule has 0 heterocycles. The highest BCUT2D eigenvalue weighted by atomic mass is 19.1. The summed E-state index contributed by atoms with van der Waals surface area (Å²) in [6.07, 6.45) is 1.51. The van der Waals surface area contributed by atoms with Crippen LogP contribution in [0.2, 0.25) is 0 Å². The van der Waals surface area contributed by atoms with Crippen molar-refractivity contribution < 1.29 is 13.9 Å². The molecule has 0 saturated carbocycles. The van der Waals surface area contributed by atoms with Crippen molar-refractivity contribution in [2.24, 2.45) is 0 Å². The summed E-state index contributed by atoms with van der Waals surface area (Å²) in [4.78, 5) is 0. The molecule has 106 valence electrons. The van der Waals surface area contributed by atoms with Crippen molar-refractivity contribution in [2.75, 3.05) is 0 Å². The molecule has 0 aromatic heterocycles. The van der Waals surface area contributed by atoms with Crippen LogP contribution in [0.3, 0.4) is 0 Å². The summed E-state index contributed by atoms with van der Waals surface area (Å²) in [5, 5.41) is 10.9. The van der Waals surface area contributed by atoms with E-state index in [0.29, 0.717) is 12.0 Å². The van der Waals surface area contributed by atoms with Gasteiger partial charge in [-0.1, -0.05) is 43.7 Å². The fraction of sp³-hybridized carbons (Fsp3) is 0.294. The van der Waals surface area contributed by atoms with E-state index in [-0.39, 0.29) is 6.42 Å². The molecule has 0 aliphatic heterocycles. The average Bonchev–Trinajstić information content (AvgIpc) is 2.38. The van der Waals surface area contributed by atoms with Gasteiger partial charge in [0.25, 0.3) is 0 Å². The van der Waals surface area contributed by atoms with E-state index in [2.05, 4.69) is 0 Å². The Balaban J connectivity index is 2.34. The summed E-state index contributed by atoms with van der Waals surface area (Å²) in [7, 11) is 0. The van der Waals surface area contributed by atoms with E-state index in [4.69, 9.17) is 0 Å². The van der Waals surface area contributed by atoms with Gasteiger partial charge in [-0.15, -0.1) is 0 Å². The second kappa shape index (κ2) is 6.14. The van der Waals surface area contributed by atoms with Gasteiger partial charge >= 0.3 is 0 Å². The first kappa shape index (κ1) is 14.7. The topological polar surface area (TPSA) is 20.2 Å². The number of aliphatic hydroxyl groups is 1. The van der Waals surface area contributed by atoms with Gasteiger partial charge in [-0.25, -0.2) is 8.78 Å². The molecule has 3 heteroatoms. The molecule has 2 aromatic rings. The van der Waals surface area contributed by atoms with Crippen molar-refractivity contribution in [3.05, 3.63) is 71.3 Å². The first-order chi connectivity index (χ1) is 9.53. The molecule has 2 aromatic carbocycles. The molecule has 1 N–H and O–H groups in total. The van der Waals surface area contributed by atoms with Crippen molar-refractivity contribution in [2.45, 2.75) is 31.8 Å². The Bertz CT molecular complexity index is 548. The van der Waals surface area contributed by atoms with Gasteiger partial charge in [-0.3, -0.25) is 0 Å². The van der Waals surface area contributed by atoms with Crippen LogP contribution >= 0.6 is 0 Å². The molecule has 0 spiro atoms. The maximum absolute atomic E-state index is 13.3. The van der Waals surface area contributed by atoms with E-state index in [1.165, 1.54) is 12.1 Å². The monoisotopic (exact) mass is 276 g/mol. The predicted octanol–water partition coefficient (Wildman–Crippen LogP) is 4.20. The lowest BCUT2D eigenvalue weighted by atomic mass is 9.83. The van der Waals surface area contributed by atoms with E-state index in [1.54, 1.807) is 0 Å². The van der Waals surface area contributed by atoms with Crippen LogP contribution in [0.15, 0.2) is 48.5 Å². The molecule has 0 aliphatic carbocycles. The largest absolute Gasteiger partial charge is 0.385 e. The number of hydrogen-bond donors (Lipinski definition) is 1. The molecule has 1 unspecified atom stereocenters. The van der Waals surface area contributed by atoms with Crippen molar-refractivity contribution in [3.8, 4) is 0 Å². The Morgan fingerprint density at radius 1 is 1.00 bits per heavy atom. The van der Waals surface area contributed by atoms with Crippen LogP contribution in [0.4, 0.5) is 8.78 Å². The first-order valence-corrected chi connectivity index (χ1v) is 6.76. The fourth-order valence-electron chi connectivity index (χ4n) is 2.55. The molecule has 0 aliphatic rings. The van der Waals surface area contributed by atoms with Gasteiger partial charge in [0, 0.05) is 12.5 Å². The van der Waals surface area contributed by atoms with E-state index < -0.39 is 17.2 Å². The number of halogens is 2. The van der Waals surface area contributed by atoms with Gasteiger partial charge in [-0.05, 0) is 29.7 Å². The highest BCUT2D eigenvalue weighted by Crippen LogP contribution is 2.31. The summed E-state index contributed by atoms with van der Waals surface area (Å²) in [5.74, 6) is -1.24. The second-order valence-electron chi connectivity index (χ2n) is 5.10. The van der Waals surface area contributed by atoms with Gasteiger partial charge in [0.05, 0.1) is 5.60 Å². The van der Waals surface area contributed by atoms with Crippen molar-refractivity contribution in [3.63, 3.8) is 0 Å². The molecule has 1 atom stereocenters. The summed E-state index contributed by atoms with van der Waals surface area (Å²) in [5.41, 5.74) is 0.129. The Morgan fingerprint density at radius 3 is 2.15 bits per heavy atom. The molecule has 0 bridgehead atoms. The van der Waals surface area contributed by atoms with Gasteiger partial charge in [-0.2, -0.15) is 0 Å². The molecular weight excluding hydrogens is 258 g/mol. The SMILES string of the molecule is CCCC(O)(Cc1cc(F)cc(F)c1)c1ccccc1. The van der Waals surface area contributed by atoms with E-state index in [9.17, 15) is 13.9 Å². The third-order valence-electron chi connectivity index (χ3n) is 3.39. The molecule has 2 rings (SSSR count). The minimum Gasteiger partial charge on any atom is -0.385 e. The van der Waals surface area contributed by atoms with Crippen LogP contribution in [0, 0.1) is 11.6 Å². The maximum Gasteiger partial charge on any atom is 0.126 e. The van der Waals surface area contributed by atoms with E-state index >= 15 is 0 Å². The Morgan fingerprint density at radius 2 is 1.60 bits per heavy atom. The quantitative estimate of drug-likeness (QED) is 0.868. The summed E-state index contributed by atoms with van der Waals surface area (Å²) < 4.78 is 26.5. The van der Waals surface area contributed by atoms with Crippen LogP contribution in [0.1, 0.15) is 30.9 Å². The molecule has 0 saturated heterocycles. The third kappa shape index (κ3) is 3.42. The Hall–Kier alpha value is -1.74. The molecule has 0 fully saturated rings. The first-order valence-electron chi connectivity index (χ1n) is 6.76. The lowest BCUT2D eigenvalue weighted by Gasteiger charge is -2.28. The van der Waals surface area contributed by atoms with Crippen LogP contribution in [-0.2, 0) is 12.0 Å². The van der Waals surface area contributed by atoms with Crippen molar-refractivity contribution in [1.82, 2.24) is 0 Å². The van der Waals surface area contributed by atoms with Crippen LogP contribution in [0.5, 0.6) is 0 Å². The van der Waals surface area contributed by atoms with Crippen molar-refractivity contribution in [1.29, 1.82) is 0 Å². The smallest absolute Gasteiger partial charge is 0.126 e. The highest BCUT2D eigenvalue weighted by Gasteiger charge is 2.28. The van der Waals surface area contributed by atoms with Gasteiger partial charge < -0.3 is 5.11 Å². The summed E-state index contributed by atoms with van der Waals surface area (Å²) in [6.45, 7) is 1.97. The molecule has 20 heavy (non-hydrogen) atoms. The normalized spacial score (nSPS) is 14.0. The molecule has 0 radical (unpaired) electrons. The van der Waals surface area contributed by atoms with Gasteiger partial charge in [0.1, 0.15) is 11.6 Å². The zero-order chi connectivity index (χ0) is 14.6. The van der Waals surface area contributed by atoms with Gasteiger partial charge in [0.2, 0.25) is 0 Å². The van der Waals surface area contributed by atoms with Crippen LogP contribution in [-0.4, -0.2) is 5.11 Å². The fourth-order valence-corrected chi connectivity index (χ4v) is 2.55. The Labute approximate surface area is 117 Å². The van der Waals surface area contributed by atoms with E-state index in [1.807, 2.05) is 37.3 Å². The standard InChI is InChI=1S/C17H18F2O/c1-2-8-17(20,14-6-4-3-5-7-14)12-13-9-15(18)11-16(19)10-13/h3-7,9-11,20H,2,8,12H2,1H3. The highest BCUT2D eigenvalue weighted by molar-refractivity contribution is 5.27. The molecule has 0 amide bonds. The predicted molar refractivity (Wildman–Crippen MR) is 75.3 cm³/mol. The molecular formula is C17H18F2O. The van der Waals surface area contributed by atoms with Gasteiger partial charge in [0.15, 0.2) is 0 Å². The number of benzene rings is 2. The lowest BCUT2D eigenvalue weighted by Crippen LogP contribution is -2.28. The maximum atomic E-state index is 13.3. The minimum atomic E-state index is -1.10. The van der Waals surface area contributed by atoms with E-state index in [0.717, 1.165) is 18.1 Å². The van der Waals surface area contributed by atoms with Crippen LogP contribution in [0.25, 0.3) is 0 Å². The minimum absolute atomic E-state index is 0.194. The number of hydrogen-bond acceptors (Lipinski definition) is 1. The third-order valence-corrected chi connectivity index (χ3v) is 3.39. The zero-order valence-electron chi connectivity index (χ0n) is 11.4. The summed E-state index contributed by atoms with van der Waals surface area (Å²) in [6, 6.07) is 12.6.